The standard InChI is InChI=1S/C23H22F3NO2/c24-23(25,26)20-11-6-10-18(13-20)21(28)15-27-14-19-9-4-5-12-22(19)29-16-17-7-2-1-3-8-17/h1-13,21,27-28H,14-16H2/t21-/m1/s1. The average Bonchev–Trinajstić information content (AvgIpc) is 2.73. The van der Waals surface area contributed by atoms with Crippen LogP contribution in [0.2, 0.25) is 0 Å². The van der Waals surface area contributed by atoms with E-state index in [4.69, 9.17) is 4.74 Å². The number of hydrogen-bond donors (Lipinski definition) is 2. The zero-order chi connectivity index (χ0) is 20.7. The first kappa shape index (κ1) is 20.9. The van der Waals surface area contributed by atoms with Crippen molar-refractivity contribution in [1.82, 2.24) is 5.32 Å². The molecule has 0 saturated carbocycles. The number of para-hydroxylation sites is 1. The monoisotopic (exact) mass is 401 g/mol. The van der Waals surface area contributed by atoms with Gasteiger partial charge in [0.05, 0.1) is 11.7 Å². The summed E-state index contributed by atoms with van der Waals surface area (Å²) in [6, 6.07) is 22.1. The summed E-state index contributed by atoms with van der Waals surface area (Å²) in [6.07, 6.45) is -5.48. The number of alkyl halides is 3. The van der Waals surface area contributed by atoms with Gasteiger partial charge in [0.1, 0.15) is 12.4 Å². The molecule has 6 heteroatoms. The Morgan fingerprint density at radius 2 is 1.62 bits per heavy atom. The Bertz CT molecular complexity index is 913. The Morgan fingerprint density at radius 1 is 0.897 bits per heavy atom. The summed E-state index contributed by atoms with van der Waals surface area (Å²) in [5.41, 5.74) is 1.41. The lowest BCUT2D eigenvalue weighted by molar-refractivity contribution is -0.137. The van der Waals surface area contributed by atoms with Crippen molar-refractivity contribution in [3.8, 4) is 5.75 Å². The van der Waals surface area contributed by atoms with Crippen molar-refractivity contribution in [2.24, 2.45) is 0 Å². The Hall–Kier alpha value is -2.83. The number of ether oxygens (including phenoxy) is 1. The third-order valence-electron chi connectivity index (χ3n) is 4.46. The first-order valence-electron chi connectivity index (χ1n) is 9.24. The van der Waals surface area contributed by atoms with E-state index < -0.39 is 17.8 Å². The SMILES string of the molecule is O[C@H](CNCc1ccccc1OCc1ccccc1)c1cccc(C(F)(F)F)c1. The summed E-state index contributed by atoms with van der Waals surface area (Å²) in [7, 11) is 0. The first-order valence-corrected chi connectivity index (χ1v) is 9.24. The van der Waals surface area contributed by atoms with E-state index in [9.17, 15) is 18.3 Å². The molecular weight excluding hydrogens is 379 g/mol. The molecule has 3 nitrogen and oxygen atoms in total. The van der Waals surface area contributed by atoms with Gasteiger partial charge in [0.2, 0.25) is 0 Å². The molecule has 2 N–H and O–H groups in total. The van der Waals surface area contributed by atoms with Gasteiger partial charge in [0.25, 0.3) is 0 Å². The highest BCUT2D eigenvalue weighted by molar-refractivity contribution is 5.33. The average molecular weight is 401 g/mol. The molecule has 0 spiro atoms. The fraction of sp³-hybridized carbons (Fsp3) is 0.217. The van der Waals surface area contributed by atoms with Gasteiger partial charge in [-0.05, 0) is 29.3 Å². The molecule has 0 aromatic heterocycles. The fourth-order valence-electron chi connectivity index (χ4n) is 2.91. The van der Waals surface area contributed by atoms with Crippen LogP contribution in [-0.2, 0) is 19.3 Å². The molecule has 0 aliphatic rings. The molecule has 0 bridgehead atoms. The number of benzene rings is 3. The van der Waals surface area contributed by atoms with Crippen LogP contribution in [0.1, 0.15) is 28.4 Å². The number of rotatable bonds is 8. The summed E-state index contributed by atoms with van der Waals surface area (Å²) in [5, 5.41) is 13.3. The van der Waals surface area contributed by atoms with E-state index >= 15 is 0 Å². The van der Waals surface area contributed by atoms with Gasteiger partial charge in [-0.3, -0.25) is 0 Å². The summed E-state index contributed by atoms with van der Waals surface area (Å²) < 4.78 is 44.4. The zero-order valence-electron chi connectivity index (χ0n) is 15.7. The normalized spacial score (nSPS) is 12.6. The maximum Gasteiger partial charge on any atom is 0.416 e. The molecule has 3 aromatic carbocycles. The lowest BCUT2D eigenvalue weighted by atomic mass is 10.1. The molecule has 3 rings (SSSR count). The number of halogens is 3. The Balaban J connectivity index is 1.56. The number of aliphatic hydroxyl groups is 1. The third kappa shape index (κ3) is 6.07. The van der Waals surface area contributed by atoms with Crippen LogP contribution in [0.5, 0.6) is 5.75 Å². The zero-order valence-corrected chi connectivity index (χ0v) is 15.7. The van der Waals surface area contributed by atoms with Crippen molar-refractivity contribution < 1.29 is 23.0 Å². The largest absolute Gasteiger partial charge is 0.489 e. The molecule has 0 heterocycles. The summed E-state index contributed by atoms with van der Waals surface area (Å²) in [5.74, 6) is 0.720. The topological polar surface area (TPSA) is 41.5 Å². The molecular formula is C23H22F3NO2. The van der Waals surface area contributed by atoms with Crippen LogP contribution in [0.15, 0.2) is 78.9 Å². The molecule has 0 radical (unpaired) electrons. The van der Waals surface area contributed by atoms with Crippen LogP contribution in [-0.4, -0.2) is 11.7 Å². The second kappa shape index (κ2) is 9.58. The van der Waals surface area contributed by atoms with E-state index in [0.717, 1.165) is 29.0 Å². The van der Waals surface area contributed by atoms with E-state index in [0.29, 0.717) is 13.2 Å². The van der Waals surface area contributed by atoms with E-state index in [1.54, 1.807) is 0 Å². The van der Waals surface area contributed by atoms with Gasteiger partial charge < -0.3 is 15.2 Å². The van der Waals surface area contributed by atoms with Crippen molar-refractivity contribution in [2.45, 2.75) is 25.4 Å². The predicted molar refractivity (Wildman–Crippen MR) is 105 cm³/mol. The third-order valence-corrected chi connectivity index (χ3v) is 4.46. The van der Waals surface area contributed by atoms with Crippen LogP contribution in [0.3, 0.4) is 0 Å². The molecule has 0 saturated heterocycles. The molecule has 3 aromatic rings. The van der Waals surface area contributed by atoms with E-state index in [2.05, 4.69) is 5.32 Å². The maximum absolute atomic E-state index is 12.8. The molecule has 0 unspecified atom stereocenters. The van der Waals surface area contributed by atoms with Crippen LogP contribution in [0.25, 0.3) is 0 Å². The lowest BCUT2D eigenvalue weighted by Crippen LogP contribution is -2.21. The summed E-state index contributed by atoms with van der Waals surface area (Å²) in [4.78, 5) is 0. The van der Waals surface area contributed by atoms with Gasteiger partial charge in [0.15, 0.2) is 0 Å². The quantitative estimate of drug-likeness (QED) is 0.551. The minimum atomic E-state index is -4.43. The Labute approximate surface area is 167 Å². The minimum Gasteiger partial charge on any atom is -0.489 e. The summed E-state index contributed by atoms with van der Waals surface area (Å²) in [6.45, 7) is 0.972. The Kier molecular flexibility index (Phi) is 6.90. The molecule has 1 atom stereocenters. The second-order valence-corrected chi connectivity index (χ2v) is 6.65. The van der Waals surface area contributed by atoms with Crippen LogP contribution < -0.4 is 10.1 Å². The van der Waals surface area contributed by atoms with Crippen molar-refractivity contribution in [3.05, 3.63) is 101 Å². The number of nitrogens with one attached hydrogen (secondary N) is 1. The molecule has 0 aliphatic carbocycles. The highest BCUT2D eigenvalue weighted by Crippen LogP contribution is 2.30. The van der Waals surface area contributed by atoms with Gasteiger partial charge in [0, 0.05) is 18.7 Å². The molecule has 0 aliphatic heterocycles. The van der Waals surface area contributed by atoms with Gasteiger partial charge in [-0.1, -0.05) is 60.7 Å². The molecule has 29 heavy (non-hydrogen) atoms. The molecule has 152 valence electrons. The van der Waals surface area contributed by atoms with Crippen molar-refractivity contribution in [2.75, 3.05) is 6.54 Å². The predicted octanol–water partition coefficient (Wildman–Crippen LogP) is 5.11. The highest BCUT2D eigenvalue weighted by Gasteiger charge is 2.30. The summed E-state index contributed by atoms with van der Waals surface area (Å²) >= 11 is 0. The van der Waals surface area contributed by atoms with Gasteiger partial charge >= 0.3 is 6.18 Å². The molecule has 0 fully saturated rings. The maximum atomic E-state index is 12.8. The van der Waals surface area contributed by atoms with E-state index in [1.807, 2.05) is 54.6 Å². The molecule has 0 amide bonds. The van der Waals surface area contributed by atoms with Crippen LogP contribution >= 0.6 is 0 Å². The van der Waals surface area contributed by atoms with E-state index in [-0.39, 0.29) is 12.1 Å². The Morgan fingerprint density at radius 3 is 2.38 bits per heavy atom. The lowest BCUT2D eigenvalue weighted by Gasteiger charge is -2.16. The van der Waals surface area contributed by atoms with Crippen molar-refractivity contribution in [1.29, 1.82) is 0 Å². The van der Waals surface area contributed by atoms with E-state index in [1.165, 1.54) is 12.1 Å². The minimum absolute atomic E-state index is 0.119. The van der Waals surface area contributed by atoms with Crippen molar-refractivity contribution in [3.63, 3.8) is 0 Å². The van der Waals surface area contributed by atoms with Crippen LogP contribution in [0.4, 0.5) is 13.2 Å². The number of aliphatic hydroxyl groups excluding tert-OH is 1. The first-order chi connectivity index (χ1) is 13.9. The number of hydrogen-bond acceptors (Lipinski definition) is 3. The second-order valence-electron chi connectivity index (χ2n) is 6.65. The van der Waals surface area contributed by atoms with Gasteiger partial charge in [-0.25, -0.2) is 0 Å². The van der Waals surface area contributed by atoms with Gasteiger partial charge in [-0.2, -0.15) is 13.2 Å². The highest BCUT2D eigenvalue weighted by atomic mass is 19.4. The van der Waals surface area contributed by atoms with Crippen LogP contribution in [0, 0.1) is 0 Å². The van der Waals surface area contributed by atoms with Crippen molar-refractivity contribution >= 4 is 0 Å². The fourth-order valence-corrected chi connectivity index (χ4v) is 2.91. The van der Waals surface area contributed by atoms with Gasteiger partial charge in [-0.15, -0.1) is 0 Å². The smallest absolute Gasteiger partial charge is 0.416 e.